The van der Waals surface area contributed by atoms with Crippen molar-refractivity contribution in [3.8, 4) is 0 Å². The molecule has 1 heterocycles. The molecule has 1 rings (SSSR count). The molecular formula is C7H14N2O. The van der Waals surface area contributed by atoms with Crippen LogP contribution in [0.4, 0.5) is 0 Å². The van der Waals surface area contributed by atoms with E-state index in [1.165, 1.54) is 0 Å². The molecule has 1 saturated heterocycles. The van der Waals surface area contributed by atoms with E-state index in [9.17, 15) is 4.79 Å². The van der Waals surface area contributed by atoms with Crippen molar-refractivity contribution in [2.75, 3.05) is 14.1 Å². The Hall–Kier alpha value is -0.570. The Morgan fingerprint density at radius 3 is 1.90 bits per heavy atom. The lowest BCUT2D eigenvalue weighted by Gasteiger charge is -2.20. The van der Waals surface area contributed by atoms with Crippen LogP contribution in [-0.2, 0) is 4.79 Å². The van der Waals surface area contributed by atoms with E-state index in [-0.39, 0.29) is 18.1 Å². The third-order valence-electron chi connectivity index (χ3n) is 2.47. The smallest absolute Gasteiger partial charge is 0.240 e. The van der Waals surface area contributed by atoms with E-state index < -0.39 is 0 Å². The molecule has 0 bridgehead atoms. The lowest BCUT2D eigenvalue weighted by atomic mass is 10.3. The van der Waals surface area contributed by atoms with Crippen molar-refractivity contribution >= 4 is 5.91 Å². The highest BCUT2D eigenvalue weighted by Gasteiger charge is 2.35. The largest absolute Gasteiger partial charge is 0.329 e. The number of rotatable bonds is 0. The molecule has 10 heavy (non-hydrogen) atoms. The van der Waals surface area contributed by atoms with Crippen molar-refractivity contribution in [1.82, 2.24) is 9.80 Å². The quantitative estimate of drug-likeness (QED) is 0.480. The zero-order valence-electron chi connectivity index (χ0n) is 6.96. The topological polar surface area (TPSA) is 23.6 Å². The minimum absolute atomic E-state index is 0.0556. The fraction of sp³-hybridized carbons (Fsp3) is 0.857. The van der Waals surface area contributed by atoms with Crippen LogP contribution >= 0.6 is 0 Å². The van der Waals surface area contributed by atoms with Crippen molar-refractivity contribution < 1.29 is 4.79 Å². The maximum absolute atomic E-state index is 11.2. The van der Waals surface area contributed by atoms with Gasteiger partial charge >= 0.3 is 0 Å². The molecule has 0 radical (unpaired) electrons. The number of hydrogen-bond donors (Lipinski definition) is 0. The normalized spacial score (nSPS) is 35.6. The molecule has 0 saturated carbocycles. The summed E-state index contributed by atoms with van der Waals surface area (Å²) in [6, 6.07) is 0.0556. The van der Waals surface area contributed by atoms with Crippen LogP contribution in [0.2, 0.25) is 0 Å². The molecule has 1 aliphatic heterocycles. The van der Waals surface area contributed by atoms with Crippen LogP contribution in [0.25, 0.3) is 0 Å². The van der Waals surface area contributed by atoms with Crippen LogP contribution in [-0.4, -0.2) is 42.0 Å². The van der Waals surface area contributed by atoms with E-state index in [2.05, 4.69) is 4.90 Å². The highest BCUT2D eigenvalue weighted by atomic mass is 16.2. The van der Waals surface area contributed by atoms with Crippen LogP contribution in [0, 0.1) is 0 Å². The number of likely N-dealkylation sites (N-methyl/N-ethyl adjacent to an activating group) is 2. The third kappa shape index (κ3) is 0.814. The molecule has 1 aliphatic rings. The highest BCUT2D eigenvalue weighted by Crippen LogP contribution is 2.16. The molecule has 1 amide bonds. The fourth-order valence-corrected chi connectivity index (χ4v) is 1.25. The van der Waals surface area contributed by atoms with Crippen LogP contribution in [0.3, 0.4) is 0 Å². The van der Waals surface area contributed by atoms with Crippen LogP contribution < -0.4 is 0 Å². The molecule has 0 aromatic heterocycles. The van der Waals surface area contributed by atoms with Crippen molar-refractivity contribution in [3.63, 3.8) is 0 Å². The molecular weight excluding hydrogens is 128 g/mol. The summed E-state index contributed by atoms with van der Waals surface area (Å²) < 4.78 is 0. The second-order valence-electron chi connectivity index (χ2n) is 2.92. The zero-order valence-corrected chi connectivity index (χ0v) is 6.96. The van der Waals surface area contributed by atoms with Gasteiger partial charge in [0.25, 0.3) is 0 Å². The maximum Gasteiger partial charge on any atom is 0.240 e. The van der Waals surface area contributed by atoms with Crippen molar-refractivity contribution in [3.05, 3.63) is 0 Å². The third-order valence-corrected chi connectivity index (χ3v) is 2.47. The Bertz CT molecular complexity index is 142. The minimum Gasteiger partial charge on any atom is -0.329 e. The molecule has 1 unspecified atom stereocenters. The molecule has 0 spiro atoms. The average Bonchev–Trinajstić information content (AvgIpc) is 2.07. The van der Waals surface area contributed by atoms with Gasteiger partial charge in [0.05, 0.1) is 12.2 Å². The lowest BCUT2D eigenvalue weighted by Crippen LogP contribution is -2.32. The van der Waals surface area contributed by atoms with Gasteiger partial charge in [-0.15, -0.1) is 0 Å². The van der Waals surface area contributed by atoms with Gasteiger partial charge in [0.2, 0.25) is 5.91 Å². The number of carbonyl (C=O) groups is 1. The molecule has 0 aromatic rings. The zero-order chi connectivity index (χ0) is 7.89. The predicted octanol–water partition coefficient (Wildman–Crippen LogP) is 0.125. The lowest BCUT2D eigenvalue weighted by molar-refractivity contribution is -0.128. The molecule has 58 valence electrons. The summed E-state index contributed by atoms with van der Waals surface area (Å²) >= 11 is 0. The number of hydrogen-bond acceptors (Lipinski definition) is 2. The maximum atomic E-state index is 11.2. The van der Waals surface area contributed by atoms with E-state index >= 15 is 0 Å². The average molecular weight is 142 g/mol. The standard InChI is InChI=1S/C7H14N2O/c1-5-7(10)9(4)6(2)8(5)3/h5-6H,1-4H3/t5-,6?/m0/s1. The van der Waals surface area contributed by atoms with Gasteiger partial charge in [-0.25, -0.2) is 0 Å². The number of carbonyl (C=O) groups excluding carboxylic acids is 1. The Morgan fingerprint density at radius 2 is 1.80 bits per heavy atom. The van der Waals surface area contributed by atoms with Crippen molar-refractivity contribution in [1.29, 1.82) is 0 Å². The summed E-state index contributed by atoms with van der Waals surface area (Å²) in [4.78, 5) is 15.0. The Labute approximate surface area is 61.6 Å². The summed E-state index contributed by atoms with van der Waals surface area (Å²) in [5.74, 6) is 0.218. The van der Waals surface area contributed by atoms with Crippen molar-refractivity contribution in [2.24, 2.45) is 0 Å². The fourth-order valence-electron chi connectivity index (χ4n) is 1.25. The van der Waals surface area contributed by atoms with Crippen molar-refractivity contribution in [2.45, 2.75) is 26.1 Å². The summed E-state index contributed by atoms with van der Waals surface area (Å²) in [5, 5.41) is 0. The van der Waals surface area contributed by atoms with Gasteiger partial charge in [0, 0.05) is 7.05 Å². The Morgan fingerprint density at radius 1 is 1.30 bits per heavy atom. The number of nitrogens with zero attached hydrogens (tertiary/aromatic N) is 2. The van der Waals surface area contributed by atoms with Crippen LogP contribution in [0.15, 0.2) is 0 Å². The van der Waals surface area contributed by atoms with E-state index in [0.29, 0.717) is 0 Å². The molecule has 3 nitrogen and oxygen atoms in total. The van der Waals surface area contributed by atoms with Gasteiger partial charge in [0.15, 0.2) is 0 Å². The second kappa shape index (κ2) is 2.23. The Balaban J connectivity index is 2.78. The van der Waals surface area contributed by atoms with E-state index in [4.69, 9.17) is 0 Å². The first-order valence-corrected chi connectivity index (χ1v) is 3.54. The van der Waals surface area contributed by atoms with Gasteiger partial charge in [-0.1, -0.05) is 0 Å². The first kappa shape index (κ1) is 7.54. The highest BCUT2D eigenvalue weighted by molar-refractivity contribution is 5.83. The molecule has 3 heteroatoms. The molecule has 0 aliphatic carbocycles. The van der Waals surface area contributed by atoms with E-state index in [1.807, 2.05) is 27.9 Å². The first-order chi connectivity index (χ1) is 4.55. The molecule has 0 N–H and O–H groups in total. The minimum atomic E-state index is 0.0556. The van der Waals surface area contributed by atoms with Gasteiger partial charge < -0.3 is 4.90 Å². The van der Waals surface area contributed by atoms with E-state index in [1.54, 1.807) is 4.90 Å². The van der Waals surface area contributed by atoms with Gasteiger partial charge in [0.1, 0.15) is 0 Å². The Kier molecular flexibility index (Phi) is 1.68. The van der Waals surface area contributed by atoms with E-state index in [0.717, 1.165) is 0 Å². The first-order valence-electron chi connectivity index (χ1n) is 3.54. The van der Waals surface area contributed by atoms with Gasteiger partial charge in [-0.05, 0) is 20.9 Å². The van der Waals surface area contributed by atoms with Gasteiger partial charge in [-0.2, -0.15) is 0 Å². The number of amides is 1. The van der Waals surface area contributed by atoms with Crippen LogP contribution in [0.1, 0.15) is 13.8 Å². The van der Waals surface area contributed by atoms with Gasteiger partial charge in [-0.3, -0.25) is 9.69 Å². The van der Waals surface area contributed by atoms with Crippen LogP contribution in [0.5, 0.6) is 0 Å². The molecule has 2 atom stereocenters. The summed E-state index contributed by atoms with van der Waals surface area (Å²) in [6.07, 6.45) is 0.252. The SMILES string of the molecule is CC1N(C)C(=O)[C@H](C)N1C. The summed E-state index contributed by atoms with van der Waals surface area (Å²) in [7, 11) is 3.81. The second-order valence-corrected chi connectivity index (χ2v) is 2.92. The summed E-state index contributed by atoms with van der Waals surface area (Å²) in [6.45, 7) is 3.96. The predicted molar refractivity (Wildman–Crippen MR) is 39.5 cm³/mol. The monoisotopic (exact) mass is 142 g/mol. The molecule has 1 fully saturated rings. The molecule has 0 aromatic carbocycles. The summed E-state index contributed by atoms with van der Waals surface area (Å²) in [5.41, 5.74) is 0.